The molecule has 1 saturated carbocycles. The van der Waals surface area contributed by atoms with Gasteiger partial charge in [0.2, 0.25) is 0 Å². The Bertz CT molecular complexity index is 362. The van der Waals surface area contributed by atoms with Gasteiger partial charge in [0, 0.05) is 11.1 Å². The molecule has 3 heteroatoms. The Hall–Kier alpha value is -0.730. The third kappa shape index (κ3) is 5.84. The smallest absolute Gasteiger partial charge is 0.119 e. The molecule has 0 aromatic heterocycles. The highest BCUT2D eigenvalue weighted by molar-refractivity contribution is 6.30. The van der Waals surface area contributed by atoms with Crippen LogP contribution >= 0.6 is 11.6 Å². The molecule has 0 radical (unpaired) electrons. The molecule has 1 aromatic rings. The summed E-state index contributed by atoms with van der Waals surface area (Å²) < 4.78 is 5.85. The third-order valence-electron chi connectivity index (χ3n) is 3.57. The van der Waals surface area contributed by atoms with Gasteiger partial charge in [0.25, 0.3) is 0 Å². The molecule has 1 aliphatic carbocycles. The molecule has 2 rings (SSSR count). The molecule has 1 aliphatic rings. The Morgan fingerprint density at radius 2 is 2.05 bits per heavy atom. The van der Waals surface area contributed by atoms with Crippen LogP contribution in [0.4, 0.5) is 0 Å². The lowest BCUT2D eigenvalue weighted by molar-refractivity contribution is 0.253. The van der Waals surface area contributed by atoms with Crippen LogP contribution in [0.5, 0.6) is 5.75 Å². The van der Waals surface area contributed by atoms with E-state index in [-0.39, 0.29) is 0 Å². The Morgan fingerprint density at radius 1 is 1.32 bits per heavy atom. The van der Waals surface area contributed by atoms with Crippen LogP contribution in [0.1, 0.15) is 39.0 Å². The van der Waals surface area contributed by atoms with Gasteiger partial charge in [0.1, 0.15) is 12.4 Å². The lowest BCUT2D eigenvalue weighted by Crippen LogP contribution is -2.35. The molecular formula is C16H24ClNO. The fraction of sp³-hybridized carbons (Fsp3) is 0.625. The van der Waals surface area contributed by atoms with Gasteiger partial charge >= 0.3 is 0 Å². The molecule has 0 bridgehead atoms. The molecule has 2 nitrogen and oxygen atoms in total. The number of hydrogen-bond acceptors (Lipinski definition) is 2. The Morgan fingerprint density at radius 3 is 2.68 bits per heavy atom. The summed E-state index contributed by atoms with van der Waals surface area (Å²) in [5.41, 5.74) is 0. The van der Waals surface area contributed by atoms with Crippen molar-refractivity contribution in [3.05, 3.63) is 29.3 Å². The largest absolute Gasteiger partial charge is 0.492 e. The van der Waals surface area contributed by atoms with Crippen molar-refractivity contribution in [2.45, 2.75) is 45.1 Å². The molecule has 0 heterocycles. The minimum Gasteiger partial charge on any atom is -0.492 e. The highest BCUT2D eigenvalue weighted by Gasteiger charge is 2.22. The summed E-state index contributed by atoms with van der Waals surface area (Å²) in [6, 6.07) is 8.07. The van der Waals surface area contributed by atoms with Gasteiger partial charge in [-0.3, -0.25) is 0 Å². The highest BCUT2D eigenvalue weighted by atomic mass is 35.5. The molecular weight excluding hydrogens is 258 g/mol. The van der Waals surface area contributed by atoms with E-state index in [1.807, 2.05) is 24.3 Å². The van der Waals surface area contributed by atoms with E-state index < -0.39 is 0 Å². The first-order valence-corrected chi connectivity index (χ1v) is 7.77. The first-order chi connectivity index (χ1) is 9.28. The van der Waals surface area contributed by atoms with Gasteiger partial charge in [0.15, 0.2) is 0 Å². The van der Waals surface area contributed by atoms with Gasteiger partial charge in [-0.1, -0.05) is 31.4 Å². The van der Waals surface area contributed by atoms with Crippen LogP contribution in [0.25, 0.3) is 0 Å². The topological polar surface area (TPSA) is 21.3 Å². The van der Waals surface area contributed by atoms with Crippen LogP contribution in [0.2, 0.25) is 5.02 Å². The molecule has 0 aliphatic heterocycles. The minimum atomic E-state index is 0.469. The Kier molecular flexibility index (Phi) is 5.99. The van der Waals surface area contributed by atoms with Gasteiger partial charge in [-0.25, -0.2) is 0 Å². The van der Waals surface area contributed by atoms with Gasteiger partial charge in [-0.15, -0.1) is 0 Å². The number of hydrogen-bond donors (Lipinski definition) is 1. The van der Waals surface area contributed by atoms with Gasteiger partial charge in [-0.2, -0.15) is 0 Å². The number of rotatable bonds is 9. The Labute approximate surface area is 121 Å². The average molecular weight is 282 g/mol. The van der Waals surface area contributed by atoms with E-state index in [9.17, 15) is 0 Å². The molecule has 1 unspecified atom stereocenters. The van der Waals surface area contributed by atoms with Gasteiger partial charge < -0.3 is 10.1 Å². The highest BCUT2D eigenvalue weighted by Crippen LogP contribution is 2.33. The van der Waals surface area contributed by atoms with Crippen molar-refractivity contribution in [3.8, 4) is 5.75 Å². The second-order valence-corrected chi connectivity index (χ2v) is 5.87. The van der Waals surface area contributed by atoms with Crippen molar-refractivity contribution in [1.29, 1.82) is 0 Å². The predicted octanol–water partition coefficient (Wildman–Crippen LogP) is 4.28. The first kappa shape index (κ1) is 14.7. The van der Waals surface area contributed by atoms with Crippen molar-refractivity contribution in [3.63, 3.8) is 0 Å². The van der Waals surface area contributed by atoms with E-state index in [0.717, 1.165) is 29.8 Å². The maximum absolute atomic E-state index is 5.87. The van der Waals surface area contributed by atoms with Crippen molar-refractivity contribution < 1.29 is 4.74 Å². The summed E-state index contributed by atoms with van der Waals surface area (Å²) >= 11 is 5.87. The average Bonchev–Trinajstić information content (AvgIpc) is 3.24. The van der Waals surface area contributed by atoms with Crippen molar-refractivity contribution in [2.75, 3.05) is 13.2 Å². The summed E-state index contributed by atoms with van der Waals surface area (Å²) in [7, 11) is 0. The zero-order valence-electron chi connectivity index (χ0n) is 11.7. The summed E-state index contributed by atoms with van der Waals surface area (Å²) in [6.45, 7) is 4.01. The maximum atomic E-state index is 5.87. The van der Waals surface area contributed by atoms with Crippen molar-refractivity contribution >= 4 is 11.6 Å². The minimum absolute atomic E-state index is 0.469. The van der Waals surface area contributed by atoms with E-state index in [1.54, 1.807) is 0 Å². The molecule has 106 valence electrons. The SMILES string of the molecule is CCCNC(CCC1CC1)COc1ccc(Cl)cc1. The molecule has 19 heavy (non-hydrogen) atoms. The summed E-state index contributed by atoms with van der Waals surface area (Å²) in [5, 5.41) is 4.33. The summed E-state index contributed by atoms with van der Waals surface area (Å²) in [4.78, 5) is 0. The lowest BCUT2D eigenvalue weighted by atomic mass is 10.1. The second-order valence-electron chi connectivity index (χ2n) is 5.44. The summed E-state index contributed by atoms with van der Waals surface area (Å²) in [6.07, 6.45) is 6.58. The first-order valence-electron chi connectivity index (χ1n) is 7.39. The number of nitrogens with one attached hydrogen (secondary N) is 1. The van der Waals surface area contributed by atoms with Crippen LogP contribution in [0.15, 0.2) is 24.3 Å². The molecule has 0 spiro atoms. The number of halogens is 1. The van der Waals surface area contributed by atoms with E-state index in [1.165, 1.54) is 32.1 Å². The van der Waals surface area contributed by atoms with Crippen LogP contribution < -0.4 is 10.1 Å². The fourth-order valence-electron chi connectivity index (χ4n) is 2.16. The lowest BCUT2D eigenvalue weighted by Gasteiger charge is -2.19. The van der Waals surface area contributed by atoms with E-state index in [2.05, 4.69) is 12.2 Å². The third-order valence-corrected chi connectivity index (χ3v) is 3.82. The summed E-state index contributed by atoms with van der Waals surface area (Å²) in [5.74, 6) is 1.89. The van der Waals surface area contributed by atoms with E-state index >= 15 is 0 Å². The van der Waals surface area contributed by atoms with Crippen LogP contribution in [0.3, 0.4) is 0 Å². The van der Waals surface area contributed by atoms with Gasteiger partial charge in [0.05, 0.1) is 0 Å². The van der Waals surface area contributed by atoms with Crippen LogP contribution in [0, 0.1) is 5.92 Å². The van der Waals surface area contributed by atoms with Gasteiger partial charge in [-0.05, 0) is 56.0 Å². The molecule has 0 amide bonds. The molecule has 1 atom stereocenters. The van der Waals surface area contributed by atoms with Crippen LogP contribution in [-0.2, 0) is 0 Å². The monoisotopic (exact) mass is 281 g/mol. The number of benzene rings is 1. The normalized spacial score (nSPS) is 16.3. The Balaban J connectivity index is 1.74. The predicted molar refractivity (Wildman–Crippen MR) is 81.0 cm³/mol. The zero-order chi connectivity index (χ0) is 13.5. The maximum Gasteiger partial charge on any atom is 0.119 e. The van der Waals surface area contributed by atoms with E-state index in [4.69, 9.17) is 16.3 Å². The van der Waals surface area contributed by atoms with Crippen LogP contribution in [-0.4, -0.2) is 19.2 Å². The second kappa shape index (κ2) is 7.76. The standard InChI is InChI=1S/C16H24ClNO/c1-2-11-18-15(8-5-13-3-4-13)12-19-16-9-6-14(17)7-10-16/h6-7,9-10,13,15,18H,2-5,8,11-12H2,1H3. The zero-order valence-corrected chi connectivity index (χ0v) is 12.5. The van der Waals surface area contributed by atoms with Crippen molar-refractivity contribution in [2.24, 2.45) is 5.92 Å². The molecule has 0 saturated heterocycles. The quantitative estimate of drug-likeness (QED) is 0.729. The molecule has 1 N–H and O–H groups in total. The van der Waals surface area contributed by atoms with E-state index in [0.29, 0.717) is 6.04 Å². The van der Waals surface area contributed by atoms with Crippen molar-refractivity contribution in [1.82, 2.24) is 5.32 Å². The fourth-order valence-corrected chi connectivity index (χ4v) is 2.29. The number of ether oxygens (including phenoxy) is 1. The molecule has 1 aromatic carbocycles. The molecule has 1 fully saturated rings.